The summed E-state index contributed by atoms with van der Waals surface area (Å²) in [5.41, 5.74) is 0.481. The number of hydrogen-bond donors (Lipinski definition) is 2. The lowest BCUT2D eigenvalue weighted by Crippen LogP contribution is -2.29. The van der Waals surface area contributed by atoms with Crippen LogP contribution in [0.4, 0.5) is 5.69 Å². The minimum absolute atomic E-state index is 0. The van der Waals surface area contributed by atoms with Crippen LogP contribution < -0.4 is 15.4 Å². The highest BCUT2D eigenvalue weighted by atomic mass is 35.5. The molecule has 0 saturated carbocycles. The third kappa shape index (κ3) is 5.34. The van der Waals surface area contributed by atoms with Crippen molar-refractivity contribution in [2.24, 2.45) is 0 Å². The highest BCUT2D eigenvalue weighted by Crippen LogP contribution is 2.31. The number of carbonyl (C=O) groups excluding carboxylic acids is 1. The van der Waals surface area contributed by atoms with Crippen molar-refractivity contribution >= 4 is 34.0 Å². The normalized spacial score (nSPS) is 20.3. The van der Waals surface area contributed by atoms with Gasteiger partial charge in [0, 0.05) is 31.2 Å². The van der Waals surface area contributed by atoms with Crippen molar-refractivity contribution in [2.75, 3.05) is 31.6 Å². The monoisotopic (exact) mass is 417 g/mol. The first kappa shape index (κ1) is 21.9. The Morgan fingerprint density at radius 3 is 2.67 bits per heavy atom. The highest BCUT2D eigenvalue weighted by Gasteiger charge is 2.30. The molecule has 0 aliphatic carbocycles. The van der Waals surface area contributed by atoms with E-state index in [0.29, 0.717) is 37.6 Å². The fourth-order valence-corrected chi connectivity index (χ4v) is 5.17. The third-order valence-corrected chi connectivity index (χ3v) is 6.72. The lowest BCUT2D eigenvalue weighted by atomic mass is 10.1. The standard InChI is InChI=1S/C18H27N3O4S.ClH/c1-2-25-16-8-7-15(20-18(22)13-14-6-5-9-19-14)12-17(16)26(23,24)21-10-3-4-11-21;/h7-8,12,14,19H,2-6,9-11,13H2,1H3,(H,20,22);1H. The molecule has 2 fully saturated rings. The van der Waals surface area contributed by atoms with Crippen LogP contribution in [0, 0.1) is 0 Å². The zero-order valence-electron chi connectivity index (χ0n) is 15.6. The van der Waals surface area contributed by atoms with Crippen molar-refractivity contribution in [3.05, 3.63) is 18.2 Å². The second-order valence-corrected chi connectivity index (χ2v) is 8.66. The maximum Gasteiger partial charge on any atom is 0.246 e. The summed E-state index contributed by atoms with van der Waals surface area (Å²) in [5.74, 6) is 0.216. The van der Waals surface area contributed by atoms with Crippen molar-refractivity contribution < 1.29 is 17.9 Å². The van der Waals surface area contributed by atoms with Gasteiger partial charge in [-0.2, -0.15) is 4.31 Å². The molecule has 9 heteroatoms. The maximum absolute atomic E-state index is 13.0. The minimum atomic E-state index is -3.63. The highest BCUT2D eigenvalue weighted by molar-refractivity contribution is 7.89. The van der Waals surface area contributed by atoms with Gasteiger partial charge in [0.2, 0.25) is 15.9 Å². The summed E-state index contributed by atoms with van der Waals surface area (Å²) in [4.78, 5) is 12.4. The number of nitrogens with zero attached hydrogens (tertiary/aromatic N) is 1. The van der Waals surface area contributed by atoms with E-state index in [4.69, 9.17) is 4.74 Å². The van der Waals surface area contributed by atoms with Crippen LogP contribution in [0.15, 0.2) is 23.1 Å². The maximum atomic E-state index is 13.0. The van der Waals surface area contributed by atoms with Crippen LogP contribution in [-0.4, -0.2) is 50.9 Å². The van der Waals surface area contributed by atoms with Crippen molar-refractivity contribution in [2.45, 2.75) is 50.0 Å². The van der Waals surface area contributed by atoms with E-state index in [-0.39, 0.29) is 29.3 Å². The molecule has 0 spiro atoms. The summed E-state index contributed by atoms with van der Waals surface area (Å²) >= 11 is 0. The lowest BCUT2D eigenvalue weighted by Gasteiger charge is -2.19. The Hall–Kier alpha value is -1.35. The molecule has 1 atom stereocenters. The predicted molar refractivity (Wildman–Crippen MR) is 107 cm³/mol. The SMILES string of the molecule is CCOc1ccc(NC(=O)CC2CCCN2)cc1S(=O)(=O)N1CCCC1.Cl. The van der Waals surface area contributed by atoms with E-state index in [1.807, 2.05) is 6.92 Å². The van der Waals surface area contributed by atoms with Gasteiger partial charge in [-0.05, 0) is 57.4 Å². The Bertz CT molecular complexity index is 745. The number of sulfonamides is 1. The Morgan fingerprint density at radius 1 is 1.30 bits per heavy atom. The molecule has 1 aromatic carbocycles. The van der Waals surface area contributed by atoms with Gasteiger partial charge in [0.1, 0.15) is 10.6 Å². The third-order valence-electron chi connectivity index (χ3n) is 4.80. The molecule has 152 valence electrons. The van der Waals surface area contributed by atoms with E-state index in [1.165, 1.54) is 10.4 Å². The second-order valence-electron chi connectivity index (χ2n) is 6.75. The van der Waals surface area contributed by atoms with Crippen LogP contribution in [0.1, 0.15) is 39.0 Å². The number of halogens is 1. The Labute approximate surface area is 167 Å². The Morgan fingerprint density at radius 2 is 2.04 bits per heavy atom. The molecule has 3 rings (SSSR count). The number of rotatable bonds is 7. The topological polar surface area (TPSA) is 87.7 Å². The summed E-state index contributed by atoms with van der Waals surface area (Å²) in [6.07, 6.45) is 4.20. The van der Waals surface area contributed by atoms with E-state index >= 15 is 0 Å². The van der Waals surface area contributed by atoms with Gasteiger partial charge in [-0.15, -0.1) is 12.4 Å². The molecule has 0 aromatic heterocycles. The van der Waals surface area contributed by atoms with Gasteiger partial charge in [-0.1, -0.05) is 0 Å². The van der Waals surface area contributed by atoms with E-state index in [0.717, 1.165) is 32.2 Å². The van der Waals surface area contributed by atoms with Crippen molar-refractivity contribution in [3.8, 4) is 5.75 Å². The first-order chi connectivity index (χ1) is 12.5. The Balaban J connectivity index is 0.00000261. The van der Waals surface area contributed by atoms with Crippen molar-refractivity contribution in [1.82, 2.24) is 9.62 Å². The number of benzene rings is 1. The van der Waals surface area contributed by atoms with Gasteiger partial charge < -0.3 is 15.4 Å². The average molecular weight is 418 g/mol. The van der Waals surface area contributed by atoms with Crippen LogP contribution in [0.5, 0.6) is 5.75 Å². The van der Waals surface area contributed by atoms with E-state index in [9.17, 15) is 13.2 Å². The minimum Gasteiger partial charge on any atom is -0.492 e. The zero-order valence-corrected chi connectivity index (χ0v) is 17.2. The predicted octanol–water partition coefficient (Wildman–Crippen LogP) is 2.37. The molecule has 0 bridgehead atoms. The van der Waals surface area contributed by atoms with E-state index in [1.54, 1.807) is 12.1 Å². The first-order valence-electron chi connectivity index (χ1n) is 9.31. The molecule has 2 aliphatic heterocycles. The quantitative estimate of drug-likeness (QED) is 0.711. The molecule has 2 saturated heterocycles. The molecule has 2 heterocycles. The van der Waals surface area contributed by atoms with Crippen LogP contribution in [0.2, 0.25) is 0 Å². The molecule has 2 aliphatic rings. The van der Waals surface area contributed by atoms with Crippen LogP contribution in [-0.2, 0) is 14.8 Å². The van der Waals surface area contributed by atoms with Crippen molar-refractivity contribution in [1.29, 1.82) is 0 Å². The molecule has 0 radical (unpaired) electrons. The van der Waals surface area contributed by atoms with Gasteiger partial charge in [0.15, 0.2) is 0 Å². The van der Waals surface area contributed by atoms with Gasteiger partial charge in [0.05, 0.1) is 6.61 Å². The van der Waals surface area contributed by atoms with E-state index in [2.05, 4.69) is 10.6 Å². The summed E-state index contributed by atoms with van der Waals surface area (Å²) in [6.45, 7) is 4.19. The number of ether oxygens (including phenoxy) is 1. The largest absolute Gasteiger partial charge is 0.492 e. The molecule has 1 unspecified atom stereocenters. The smallest absolute Gasteiger partial charge is 0.246 e. The number of amides is 1. The van der Waals surface area contributed by atoms with Crippen LogP contribution in [0.25, 0.3) is 0 Å². The summed E-state index contributed by atoms with van der Waals surface area (Å²) < 4.78 is 32.9. The molecule has 1 aromatic rings. The van der Waals surface area contributed by atoms with Crippen molar-refractivity contribution in [3.63, 3.8) is 0 Å². The molecule has 7 nitrogen and oxygen atoms in total. The fraction of sp³-hybridized carbons (Fsp3) is 0.611. The number of carbonyl (C=O) groups is 1. The lowest BCUT2D eigenvalue weighted by molar-refractivity contribution is -0.116. The number of nitrogens with one attached hydrogen (secondary N) is 2. The van der Waals surface area contributed by atoms with Crippen LogP contribution >= 0.6 is 12.4 Å². The molecular formula is C18H28ClN3O4S. The Kier molecular flexibility index (Phi) is 7.91. The summed E-state index contributed by atoms with van der Waals surface area (Å²) in [6, 6.07) is 5.02. The summed E-state index contributed by atoms with van der Waals surface area (Å²) in [7, 11) is -3.63. The average Bonchev–Trinajstić information content (AvgIpc) is 3.30. The molecule has 1 amide bonds. The van der Waals surface area contributed by atoms with Gasteiger partial charge >= 0.3 is 0 Å². The summed E-state index contributed by atoms with van der Waals surface area (Å²) in [5, 5.41) is 6.11. The second kappa shape index (κ2) is 9.73. The van der Waals surface area contributed by atoms with Gasteiger partial charge in [-0.25, -0.2) is 8.42 Å². The number of hydrogen-bond acceptors (Lipinski definition) is 5. The molecule has 2 N–H and O–H groups in total. The van der Waals surface area contributed by atoms with Gasteiger partial charge in [0.25, 0.3) is 0 Å². The first-order valence-corrected chi connectivity index (χ1v) is 10.7. The molecule has 27 heavy (non-hydrogen) atoms. The fourth-order valence-electron chi connectivity index (χ4n) is 3.50. The van der Waals surface area contributed by atoms with E-state index < -0.39 is 10.0 Å². The van der Waals surface area contributed by atoms with Crippen LogP contribution in [0.3, 0.4) is 0 Å². The zero-order chi connectivity index (χ0) is 18.6. The number of anilines is 1. The van der Waals surface area contributed by atoms with Gasteiger partial charge in [-0.3, -0.25) is 4.79 Å². The molecular weight excluding hydrogens is 390 g/mol.